The molecule has 1 saturated carbocycles. The Bertz CT molecular complexity index is 370. The van der Waals surface area contributed by atoms with Crippen molar-refractivity contribution in [1.29, 1.82) is 0 Å². The average molecular weight is 242 g/mol. The van der Waals surface area contributed by atoms with Gasteiger partial charge in [0.25, 0.3) is 0 Å². The third-order valence-electron chi connectivity index (χ3n) is 3.51. The summed E-state index contributed by atoms with van der Waals surface area (Å²) in [6.07, 6.45) is 5.70. The van der Waals surface area contributed by atoms with E-state index in [9.17, 15) is 0 Å². The summed E-state index contributed by atoms with van der Waals surface area (Å²) in [5.41, 5.74) is 0.432. The first-order chi connectivity index (χ1) is 7.53. The van der Waals surface area contributed by atoms with E-state index in [1.807, 2.05) is 0 Å². The third-order valence-corrected chi connectivity index (χ3v) is 3.76. The molecule has 1 aromatic heterocycles. The van der Waals surface area contributed by atoms with Crippen LogP contribution in [-0.4, -0.2) is 14.8 Å². The Morgan fingerprint density at radius 1 is 1.44 bits per heavy atom. The summed E-state index contributed by atoms with van der Waals surface area (Å²) in [4.78, 5) is 0. The Morgan fingerprint density at radius 2 is 2.19 bits per heavy atom. The molecule has 4 heteroatoms. The van der Waals surface area contributed by atoms with Crippen LogP contribution in [0, 0.1) is 5.41 Å². The zero-order chi connectivity index (χ0) is 11.8. The number of hydrogen-bond acceptors (Lipinski definition) is 2. The van der Waals surface area contributed by atoms with Crippen molar-refractivity contribution in [1.82, 2.24) is 14.8 Å². The topological polar surface area (TPSA) is 30.7 Å². The van der Waals surface area contributed by atoms with Crippen LogP contribution in [0.1, 0.15) is 58.3 Å². The normalized spacial score (nSPS) is 23.9. The van der Waals surface area contributed by atoms with E-state index in [0.29, 0.717) is 16.7 Å². The molecule has 0 saturated heterocycles. The molecule has 1 aromatic rings. The molecule has 0 spiro atoms. The van der Waals surface area contributed by atoms with Crippen LogP contribution in [0.15, 0.2) is 0 Å². The van der Waals surface area contributed by atoms with Crippen LogP contribution in [0.25, 0.3) is 0 Å². The molecule has 0 aromatic carbocycles. The summed E-state index contributed by atoms with van der Waals surface area (Å²) in [6, 6.07) is 0.499. The summed E-state index contributed by atoms with van der Waals surface area (Å²) in [5.74, 6) is 1.05. The van der Waals surface area contributed by atoms with Gasteiger partial charge in [-0.1, -0.05) is 20.8 Å². The Morgan fingerprint density at radius 3 is 2.75 bits per heavy atom. The van der Waals surface area contributed by atoms with E-state index in [-0.39, 0.29) is 0 Å². The lowest BCUT2D eigenvalue weighted by Gasteiger charge is -2.19. The predicted molar refractivity (Wildman–Crippen MR) is 65.7 cm³/mol. The maximum absolute atomic E-state index is 6.14. The Labute approximate surface area is 102 Å². The number of hydrogen-bond donors (Lipinski definition) is 0. The molecule has 1 unspecified atom stereocenters. The molecule has 2 rings (SSSR count). The highest BCUT2D eigenvalue weighted by molar-refractivity contribution is 6.28. The molecular formula is C12H20ClN3. The fraction of sp³-hybridized carbons (Fsp3) is 0.833. The molecule has 0 bridgehead atoms. The Kier molecular flexibility index (Phi) is 3.24. The van der Waals surface area contributed by atoms with Gasteiger partial charge in [0, 0.05) is 12.5 Å². The van der Waals surface area contributed by atoms with E-state index in [2.05, 4.69) is 35.5 Å². The molecule has 1 heterocycles. The molecule has 16 heavy (non-hydrogen) atoms. The lowest BCUT2D eigenvalue weighted by atomic mass is 9.92. The summed E-state index contributed by atoms with van der Waals surface area (Å²) in [5, 5.41) is 8.75. The van der Waals surface area contributed by atoms with Gasteiger partial charge in [-0.3, -0.25) is 4.57 Å². The van der Waals surface area contributed by atoms with Crippen molar-refractivity contribution < 1.29 is 0 Å². The van der Waals surface area contributed by atoms with Crippen LogP contribution in [-0.2, 0) is 6.42 Å². The minimum atomic E-state index is 0.432. The van der Waals surface area contributed by atoms with E-state index < -0.39 is 0 Å². The van der Waals surface area contributed by atoms with Crippen LogP contribution >= 0.6 is 11.6 Å². The highest BCUT2D eigenvalue weighted by Crippen LogP contribution is 2.44. The van der Waals surface area contributed by atoms with E-state index in [1.54, 1.807) is 0 Å². The van der Waals surface area contributed by atoms with Crippen molar-refractivity contribution in [3.63, 3.8) is 0 Å². The molecule has 1 aliphatic rings. The van der Waals surface area contributed by atoms with Crippen molar-refractivity contribution in [3.05, 3.63) is 11.1 Å². The Balaban J connectivity index is 2.23. The summed E-state index contributed by atoms with van der Waals surface area (Å²) in [6.45, 7) is 6.81. The number of nitrogens with zero attached hydrogens (tertiary/aromatic N) is 3. The highest BCUT2D eigenvalue weighted by atomic mass is 35.5. The van der Waals surface area contributed by atoms with Crippen molar-refractivity contribution in [2.75, 3.05) is 0 Å². The van der Waals surface area contributed by atoms with Gasteiger partial charge < -0.3 is 0 Å². The van der Waals surface area contributed by atoms with Crippen LogP contribution in [0.3, 0.4) is 0 Å². The fourth-order valence-electron chi connectivity index (χ4n) is 2.68. The zero-order valence-corrected chi connectivity index (χ0v) is 11.1. The van der Waals surface area contributed by atoms with Gasteiger partial charge in [-0.15, -0.1) is 10.2 Å². The van der Waals surface area contributed by atoms with Gasteiger partial charge in [0.15, 0.2) is 0 Å². The zero-order valence-electron chi connectivity index (χ0n) is 10.3. The summed E-state index contributed by atoms with van der Waals surface area (Å²) in [7, 11) is 0. The van der Waals surface area contributed by atoms with Gasteiger partial charge >= 0.3 is 0 Å². The first-order valence-corrected chi connectivity index (χ1v) is 6.50. The second kappa shape index (κ2) is 4.36. The summed E-state index contributed by atoms with van der Waals surface area (Å²) < 4.78 is 2.15. The van der Waals surface area contributed by atoms with Crippen molar-refractivity contribution in [2.24, 2.45) is 5.41 Å². The van der Waals surface area contributed by atoms with Gasteiger partial charge in [-0.25, -0.2) is 0 Å². The lowest BCUT2D eigenvalue weighted by Crippen LogP contribution is -2.12. The van der Waals surface area contributed by atoms with E-state index >= 15 is 0 Å². The lowest BCUT2D eigenvalue weighted by molar-refractivity contribution is 0.356. The third kappa shape index (κ3) is 2.24. The monoisotopic (exact) mass is 241 g/mol. The second-order valence-electron chi connectivity index (χ2n) is 5.57. The summed E-state index contributed by atoms with van der Waals surface area (Å²) >= 11 is 6.14. The van der Waals surface area contributed by atoms with Gasteiger partial charge in [0.2, 0.25) is 5.28 Å². The smallest absolute Gasteiger partial charge is 0.225 e. The minimum absolute atomic E-state index is 0.432. The van der Waals surface area contributed by atoms with Crippen LogP contribution < -0.4 is 0 Å². The van der Waals surface area contributed by atoms with Gasteiger partial charge in [0.05, 0.1) is 0 Å². The van der Waals surface area contributed by atoms with E-state index in [1.165, 1.54) is 19.3 Å². The van der Waals surface area contributed by atoms with Gasteiger partial charge in [0.1, 0.15) is 5.82 Å². The van der Waals surface area contributed by atoms with Crippen LogP contribution in [0.4, 0.5) is 0 Å². The first kappa shape index (κ1) is 11.9. The van der Waals surface area contributed by atoms with Crippen LogP contribution in [0.2, 0.25) is 5.28 Å². The molecule has 1 atom stereocenters. The van der Waals surface area contributed by atoms with Gasteiger partial charge in [-0.05, 0) is 42.7 Å². The number of aryl methyl sites for hydroxylation is 1. The molecule has 3 nitrogen and oxygen atoms in total. The SMILES string of the molecule is CCCc1nnc(Cl)n1C1CCC(C)(C)C1. The van der Waals surface area contributed by atoms with E-state index in [0.717, 1.165) is 18.7 Å². The molecule has 0 N–H and O–H groups in total. The molecular weight excluding hydrogens is 222 g/mol. The molecule has 1 aliphatic carbocycles. The fourth-order valence-corrected chi connectivity index (χ4v) is 2.95. The molecule has 90 valence electrons. The average Bonchev–Trinajstić information content (AvgIpc) is 2.71. The number of aromatic nitrogens is 3. The number of halogens is 1. The predicted octanol–water partition coefficient (Wildman–Crippen LogP) is 3.64. The minimum Gasteiger partial charge on any atom is -0.299 e. The van der Waals surface area contributed by atoms with E-state index in [4.69, 9.17) is 11.6 Å². The van der Waals surface area contributed by atoms with Crippen molar-refractivity contribution in [3.8, 4) is 0 Å². The standard InChI is InChI=1S/C12H20ClN3/c1-4-5-10-14-15-11(13)16(10)9-6-7-12(2,3)8-9/h9H,4-8H2,1-3H3. The molecule has 0 radical (unpaired) electrons. The van der Waals surface area contributed by atoms with Crippen molar-refractivity contribution >= 4 is 11.6 Å². The Hall–Kier alpha value is -0.570. The van der Waals surface area contributed by atoms with Crippen molar-refractivity contribution in [2.45, 2.75) is 58.9 Å². The molecule has 0 aliphatic heterocycles. The maximum atomic E-state index is 6.14. The number of rotatable bonds is 3. The highest BCUT2D eigenvalue weighted by Gasteiger charge is 2.33. The largest absolute Gasteiger partial charge is 0.299 e. The van der Waals surface area contributed by atoms with Gasteiger partial charge in [-0.2, -0.15) is 0 Å². The first-order valence-electron chi connectivity index (χ1n) is 6.13. The second-order valence-corrected chi connectivity index (χ2v) is 5.90. The quantitative estimate of drug-likeness (QED) is 0.809. The van der Waals surface area contributed by atoms with Crippen LogP contribution in [0.5, 0.6) is 0 Å². The maximum Gasteiger partial charge on any atom is 0.225 e. The molecule has 0 amide bonds. The molecule has 1 fully saturated rings.